The van der Waals surface area contributed by atoms with E-state index in [-0.39, 0.29) is 11.7 Å². The van der Waals surface area contributed by atoms with E-state index in [9.17, 15) is 4.79 Å². The van der Waals surface area contributed by atoms with Crippen LogP contribution in [0, 0.1) is 5.92 Å². The molecule has 5 rings (SSSR count). The van der Waals surface area contributed by atoms with Crippen LogP contribution in [-0.4, -0.2) is 50.3 Å². The van der Waals surface area contributed by atoms with Crippen LogP contribution in [0.5, 0.6) is 0 Å². The average Bonchev–Trinajstić information content (AvgIpc) is 3.36. The van der Waals surface area contributed by atoms with Gasteiger partial charge < -0.3 is 10.2 Å². The lowest BCUT2D eigenvalue weighted by Gasteiger charge is -2.21. The Labute approximate surface area is 188 Å². The summed E-state index contributed by atoms with van der Waals surface area (Å²) in [5.74, 6) is 1.59. The third-order valence-corrected chi connectivity index (χ3v) is 6.76. The zero-order valence-electron chi connectivity index (χ0n) is 18.8. The largest absolute Gasteiger partial charge is 0.357 e. The molecule has 3 aromatic heterocycles. The van der Waals surface area contributed by atoms with Gasteiger partial charge in [0.1, 0.15) is 11.5 Å². The number of hydrogen-bond donors (Lipinski definition) is 1. The minimum atomic E-state index is -0.210. The minimum absolute atomic E-state index is 0.202. The summed E-state index contributed by atoms with van der Waals surface area (Å²) in [5, 5.41) is 8.63. The first-order chi connectivity index (χ1) is 15.7. The third kappa shape index (κ3) is 4.31. The van der Waals surface area contributed by atoms with E-state index in [0.29, 0.717) is 12.5 Å². The van der Waals surface area contributed by atoms with E-state index >= 15 is 0 Å². The summed E-state index contributed by atoms with van der Waals surface area (Å²) in [4.78, 5) is 28.3. The van der Waals surface area contributed by atoms with Gasteiger partial charge in [-0.05, 0) is 43.7 Å². The maximum Gasteiger partial charge on any atom is 0.289 e. The Balaban J connectivity index is 1.34. The number of rotatable bonds is 5. The molecular formula is C24H31N7O. The molecule has 1 aliphatic heterocycles. The lowest BCUT2D eigenvalue weighted by atomic mass is 10.1. The molecular weight excluding hydrogens is 402 g/mol. The van der Waals surface area contributed by atoms with Crippen LogP contribution >= 0.6 is 0 Å². The SMILES string of the molecule is Cn1nc(-c2cnc(C(=O)NCC3CCCC3)nc2)c2ccc(N3CCCCCC3)nc21. The lowest BCUT2D eigenvalue weighted by molar-refractivity contribution is 0.0937. The Bertz CT molecular complexity index is 1080. The van der Waals surface area contributed by atoms with Crippen molar-refractivity contribution in [3.63, 3.8) is 0 Å². The van der Waals surface area contributed by atoms with Crippen LogP contribution in [0.1, 0.15) is 62.0 Å². The highest BCUT2D eigenvalue weighted by Gasteiger charge is 2.19. The zero-order chi connectivity index (χ0) is 21.9. The summed E-state index contributed by atoms with van der Waals surface area (Å²) in [6.07, 6.45) is 13.3. The second-order valence-corrected chi connectivity index (χ2v) is 9.07. The van der Waals surface area contributed by atoms with E-state index in [1.54, 1.807) is 12.4 Å². The van der Waals surface area contributed by atoms with E-state index < -0.39 is 0 Å². The molecule has 2 aliphatic rings. The second-order valence-electron chi connectivity index (χ2n) is 9.07. The molecule has 8 heteroatoms. The molecule has 1 saturated carbocycles. The molecule has 3 aromatic rings. The number of amides is 1. The molecule has 0 aromatic carbocycles. The summed E-state index contributed by atoms with van der Waals surface area (Å²) in [5.41, 5.74) is 2.42. The van der Waals surface area contributed by atoms with Crippen molar-refractivity contribution in [3.05, 3.63) is 30.4 Å². The molecule has 1 saturated heterocycles. The number of anilines is 1. The van der Waals surface area contributed by atoms with Crippen molar-refractivity contribution >= 4 is 22.8 Å². The number of aryl methyl sites for hydroxylation is 1. The highest BCUT2D eigenvalue weighted by Crippen LogP contribution is 2.28. The summed E-state index contributed by atoms with van der Waals surface area (Å²) in [6, 6.07) is 4.18. The number of pyridine rings is 1. The van der Waals surface area contributed by atoms with E-state index in [1.165, 1.54) is 51.4 Å². The first kappa shape index (κ1) is 20.8. The molecule has 0 radical (unpaired) electrons. The molecule has 1 amide bonds. The van der Waals surface area contributed by atoms with Crippen molar-refractivity contribution < 1.29 is 4.79 Å². The van der Waals surface area contributed by atoms with Gasteiger partial charge in [-0.2, -0.15) is 5.10 Å². The van der Waals surface area contributed by atoms with Crippen molar-refractivity contribution in [2.45, 2.75) is 51.4 Å². The van der Waals surface area contributed by atoms with Crippen LogP contribution in [0.3, 0.4) is 0 Å². The van der Waals surface area contributed by atoms with Crippen LogP contribution in [0.2, 0.25) is 0 Å². The van der Waals surface area contributed by atoms with Crippen molar-refractivity contribution in [1.82, 2.24) is 30.0 Å². The van der Waals surface area contributed by atoms with E-state index in [0.717, 1.165) is 41.2 Å². The van der Waals surface area contributed by atoms with Crippen LogP contribution in [0.15, 0.2) is 24.5 Å². The van der Waals surface area contributed by atoms with Crippen molar-refractivity contribution in [2.75, 3.05) is 24.5 Å². The Kier molecular flexibility index (Phi) is 6.01. The van der Waals surface area contributed by atoms with Gasteiger partial charge in [0.2, 0.25) is 5.82 Å². The molecule has 0 unspecified atom stereocenters. The van der Waals surface area contributed by atoms with Gasteiger partial charge in [0.15, 0.2) is 5.65 Å². The van der Waals surface area contributed by atoms with Crippen molar-refractivity contribution in [1.29, 1.82) is 0 Å². The molecule has 0 spiro atoms. The van der Waals surface area contributed by atoms with Gasteiger partial charge in [0.05, 0.1) is 0 Å². The summed E-state index contributed by atoms with van der Waals surface area (Å²) >= 11 is 0. The Morgan fingerprint density at radius 1 is 1.03 bits per heavy atom. The molecule has 2 fully saturated rings. The first-order valence-electron chi connectivity index (χ1n) is 11.9. The smallest absolute Gasteiger partial charge is 0.289 e. The first-order valence-corrected chi connectivity index (χ1v) is 11.9. The fourth-order valence-electron chi connectivity index (χ4n) is 4.91. The highest BCUT2D eigenvalue weighted by molar-refractivity contribution is 5.93. The van der Waals surface area contributed by atoms with E-state index in [1.807, 2.05) is 11.7 Å². The fraction of sp³-hybridized carbons (Fsp3) is 0.542. The normalized spacial score (nSPS) is 17.6. The van der Waals surface area contributed by atoms with Gasteiger partial charge in [0, 0.05) is 50.0 Å². The average molecular weight is 434 g/mol. The Morgan fingerprint density at radius 3 is 2.47 bits per heavy atom. The Morgan fingerprint density at radius 2 is 1.75 bits per heavy atom. The maximum atomic E-state index is 12.4. The van der Waals surface area contributed by atoms with Crippen LogP contribution in [-0.2, 0) is 7.05 Å². The lowest BCUT2D eigenvalue weighted by Crippen LogP contribution is -2.29. The van der Waals surface area contributed by atoms with E-state index in [2.05, 4.69) is 37.4 Å². The molecule has 4 heterocycles. The van der Waals surface area contributed by atoms with Gasteiger partial charge in [0.25, 0.3) is 5.91 Å². The van der Waals surface area contributed by atoms with Gasteiger partial charge in [-0.3, -0.25) is 4.79 Å². The quantitative estimate of drug-likeness (QED) is 0.660. The fourth-order valence-corrected chi connectivity index (χ4v) is 4.91. The topological polar surface area (TPSA) is 88.8 Å². The van der Waals surface area contributed by atoms with Crippen LogP contribution < -0.4 is 10.2 Å². The molecule has 168 valence electrons. The highest BCUT2D eigenvalue weighted by atomic mass is 16.2. The molecule has 1 aliphatic carbocycles. The van der Waals surface area contributed by atoms with Gasteiger partial charge in [-0.15, -0.1) is 0 Å². The number of fused-ring (bicyclic) bond motifs is 1. The van der Waals surface area contributed by atoms with Crippen molar-refractivity contribution in [3.8, 4) is 11.3 Å². The molecule has 1 N–H and O–H groups in total. The molecule has 0 atom stereocenters. The maximum absolute atomic E-state index is 12.4. The number of nitrogens with one attached hydrogen (secondary N) is 1. The molecule has 32 heavy (non-hydrogen) atoms. The van der Waals surface area contributed by atoms with Gasteiger partial charge in [-0.1, -0.05) is 25.7 Å². The number of nitrogens with zero attached hydrogens (tertiary/aromatic N) is 6. The van der Waals surface area contributed by atoms with Crippen molar-refractivity contribution in [2.24, 2.45) is 13.0 Å². The minimum Gasteiger partial charge on any atom is -0.357 e. The predicted molar refractivity (Wildman–Crippen MR) is 125 cm³/mol. The van der Waals surface area contributed by atoms with Crippen LogP contribution in [0.25, 0.3) is 22.3 Å². The number of aromatic nitrogens is 5. The zero-order valence-corrected chi connectivity index (χ0v) is 18.8. The molecule has 0 bridgehead atoms. The monoisotopic (exact) mass is 433 g/mol. The van der Waals surface area contributed by atoms with Gasteiger partial charge in [-0.25, -0.2) is 19.6 Å². The van der Waals surface area contributed by atoms with Crippen LogP contribution in [0.4, 0.5) is 5.82 Å². The summed E-state index contributed by atoms with van der Waals surface area (Å²) in [6.45, 7) is 2.82. The standard InChI is InChI=1S/C24H31N7O/c1-30-23-19(10-11-20(28-23)31-12-6-2-3-7-13-31)21(29-30)18-15-25-22(26-16-18)24(32)27-14-17-8-4-5-9-17/h10-11,15-17H,2-9,12-14H2,1H3,(H,27,32). The van der Waals surface area contributed by atoms with E-state index in [4.69, 9.17) is 4.98 Å². The Hall–Kier alpha value is -3.03. The number of carbonyl (C=O) groups is 1. The second kappa shape index (κ2) is 9.22. The van der Waals surface area contributed by atoms with Gasteiger partial charge >= 0.3 is 0 Å². The molecule has 8 nitrogen and oxygen atoms in total. The number of hydrogen-bond acceptors (Lipinski definition) is 6. The third-order valence-electron chi connectivity index (χ3n) is 6.76. The summed E-state index contributed by atoms with van der Waals surface area (Å²) in [7, 11) is 1.91. The summed E-state index contributed by atoms with van der Waals surface area (Å²) < 4.78 is 1.81. The number of carbonyl (C=O) groups excluding carboxylic acids is 1. The predicted octanol–water partition coefficient (Wildman–Crippen LogP) is 3.73.